The summed E-state index contributed by atoms with van der Waals surface area (Å²) in [4.78, 5) is 42.7. The summed E-state index contributed by atoms with van der Waals surface area (Å²) in [5.74, 6) is -0.431. The molecular formula is C19H32N4O3. The molecule has 0 radical (unpaired) electrons. The van der Waals surface area contributed by atoms with Gasteiger partial charge in [-0.25, -0.2) is 4.79 Å². The molecule has 0 bridgehead atoms. The van der Waals surface area contributed by atoms with Crippen molar-refractivity contribution in [1.29, 1.82) is 0 Å². The lowest BCUT2D eigenvalue weighted by Crippen LogP contribution is -2.49. The predicted molar refractivity (Wildman–Crippen MR) is 98.6 cm³/mol. The highest BCUT2D eigenvalue weighted by molar-refractivity contribution is 6.08. The lowest BCUT2D eigenvalue weighted by molar-refractivity contribution is -0.137. The van der Waals surface area contributed by atoms with Gasteiger partial charge in [-0.1, -0.05) is 25.7 Å². The highest BCUT2D eigenvalue weighted by atomic mass is 16.2. The molecule has 2 saturated heterocycles. The fourth-order valence-corrected chi connectivity index (χ4v) is 4.58. The average molecular weight is 364 g/mol. The third-order valence-corrected chi connectivity index (χ3v) is 6.21. The van der Waals surface area contributed by atoms with Crippen LogP contribution in [-0.2, 0) is 9.59 Å². The number of amides is 4. The summed E-state index contributed by atoms with van der Waals surface area (Å²) in [5.41, 5.74) is -0.704. The van der Waals surface area contributed by atoms with Crippen LogP contribution < -0.4 is 5.32 Å². The van der Waals surface area contributed by atoms with Crippen LogP contribution in [-0.4, -0.2) is 77.9 Å². The van der Waals surface area contributed by atoms with E-state index in [4.69, 9.17) is 0 Å². The maximum atomic E-state index is 12.9. The minimum Gasteiger partial charge on any atom is -0.354 e. The Labute approximate surface area is 156 Å². The molecule has 7 nitrogen and oxygen atoms in total. The van der Waals surface area contributed by atoms with Gasteiger partial charge in [0.25, 0.3) is 5.91 Å². The Morgan fingerprint density at radius 1 is 1.04 bits per heavy atom. The van der Waals surface area contributed by atoms with E-state index in [9.17, 15) is 14.4 Å². The van der Waals surface area contributed by atoms with Crippen LogP contribution in [0.3, 0.4) is 0 Å². The number of urea groups is 1. The lowest BCUT2D eigenvalue weighted by Gasteiger charge is -2.35. The smallest absolute Gasteiger partial charge is 0.327 e. The number of imide groups is 1. The van der Waals surface area contributed by atoms with E-state index in [0.717, 1.165) is 50.2 Å². The zero-order chi connectivity index (χ0) is 18.6. The van der Waals surface area contributed by atoms with Crippen LogP contribution >= 0.6 is 0 Å². The van der Waals surface area contributed by atoms with E-state index in [2.05, 4.69) is 10.2 Å². The van der Waals surface area contributed by atoms with Crippen LogP contribution in [0.2, 0.25) is 0 Å². The Balaban J connectivity index is 1.44. The number of piperidine rings is 1. The van der Waals surface area contributed by atoms with Crippen molar-refractivity contribution in [2.45, 2.75) is 63.3 Å². The monoisotopic (exact) mass is 364 g/mol. The van der Waals surface area contributed by atoms with Crippen molar-refractivity contribution in [1.82, 2.24) is 20.0 Å². The fourth-order valence-electron chi connectivity index (χ4n) is 4.58. The number of hydrogen-bond acceptors (Lipinski definition) is 4. The highest BCUT2D eigenvalue weighted by Crippen LogP contribution is 2.39. The van der Waals surface area contributed by atoms with Gasteiger partial charge in [-0.15, -0.1) is 0 Å². The Bertz CT molecular complexity index is 539. The van der Waals surface area contributed by atoms with Crippen molar-refractivity contribution in [2.75, 3.05) is 39.8 Å². The molecule has 1 aliphatic carbocycles. The first kappa shape index (κ1) is 19.1. The van der Waals surface area contributed by atoms with Crippen molar-refractivity contribution in [3.63, 3.8) is 0 Å². The molecule has 1 saturated carbocycles. The SMILES string of the molecule is CN1C(=O)N(CC(=O)NCCCN2CCCCC2)C(=O)C12CCCCC2. The molecule has 2 heterocycles. The van der Waals surface area contributed by atoms with E-state index in [1.54, 1.807) is 11.9 Å². The molecule has 4 amide bonds. The van der Waals surface area contributed by atoms with E-state index in [1.807, 2.05) is 0 Å². The molecule has 3 aliphatic rings. The molecule has 0 aromatic rings. The van der Waals surface area contributed by atoms with Gasteiger partial charge in [0.05, 0.1) is 0 Å². The summed E-state index contributed by atoms with van der Waals surface area (Å²) in [5, 5.41) is 2.87. The van der Waals surface area contributed by atoms with E-state index in [0.29, 0.717) is 19.4 Å². The van der Waals surface area contributed by atoms with Crippen molar-refractivity contribution < 1.29 is 14.4 Å². The molecule has 3 fully saturated rings. The van der Waals surface area contributed by atoms with Gasteiger partial charge in [-0.2, -0.15) is 0 Å². The quantitative estimate of drug-likeness (QED) is 0.574. The predicted octanol–water partition coefficient (Wildman–Crippen LogP) is 1.58. The summed E-state index contributed by atoms with van der Waals surface area (Å²) in [6.45, 7) is 3.73. The summed E-state index contributed by atoms with van der Waals surface area (Å²) >= 11 is 0. The number of nitrogens with one attached hydrogen (secondary N) is 1. The van der Waals surface area contributed by atoms with E-state index in [-0.39, 0.29) is 24.4 Å². The molecule has 0 atom stereocenters. The van der Waals surface area contributed by atoms with Crippen LogP contribution in [0.25, 0.3) is 0 Å². The third-order valence-electron chi connectivity index (χ3n) is 6.21. The van der Waals surface area contributed by atoms with E-state index in [1.165, 1.54) is 19.3 Å². The van der Waals surface area contributed by atoms with Crippen molar-refractivity contribution in [3.8, 4) is 0 Å². The maximum absolute atomic E-state index is 12.9. The highest BCUT2D eigenvalue weighted by Gasteiger charge is 2.55. The summed E-state index contributed by atoms with van der Waals surface area (Å²) < 4.78 is 0. The van der Waals surface area contributed by atoms with Gasteiger partial charge in [0, 0.05) is 13.6 Å². The Hall–Kier alpha value is -1.63. The van der Waals surface area contributed by atoms with Gasteiger partial charge in [0.2, 0.25) is 5.91 Å². The van der Waals surface area contributed by atoms with Gasteiger partial charge in [0.15, 0.2) is 0 Å². The number of carbonyl (C=O) groups excluding carboxylic acids is 3. The molecule has 2 aliphatic heterocycles. The topological polar surface area (TPSA) is 73.0 Å². The first-order chi connectivity index (χ1) is 12.5. The number of hydrogen-bond donors (Lipinski definition) is 1. The van der Waals surface area contributed by atoms with Crippen molar-refractivity contribution in [2.24, 2.45) is 0 Å². The fraction of sp³-hybridized carbons (Fsp3) is 0.842. The molecule has 26 heavy (non-hydrogen) atoms. The molecule has 146 valence electrons. The van der Waals surface area contributed by atoms with Crippen LogP contribution in [0, 0.1) is 0 Å². The van der Waals surface area contributed by atoms with Gasteiger partial charge >= 0.3 is 6.03 Å². The molecule has 7 heteroatoms. The molecular weight excluding hydrogens is 332 g/mol. The maximum Gasteiger partial charge on any atom is 0.327 e. The second kappa shape index (κ2) is 8.37. The summed E-state index contributed by atoms with van der Waals surface area (Å²) in [6.07, 6.45) is 9.19. The van der Waals surface area contributed by atoms with Gasteiger partial charge in [-0.05, 0) is 51.7 Å². The Kier molecular flexibility index (Phi) is 6.16. The normalized spacial score (nSPS) is 23.7. The first-order valence-electron chi connectivity index (χ1n) is 10.1. The Morgan fingerprint density at radius 3 is 2.38 bits per heavy atom. The first-order valence-corrected chi connectivity index (χ1v) is 10.1. The lowest BCUT2D eigenvalue weighted by atomic mass is 9.81. The molecule has 0 aromatic carbocycles. The molecule has 0 unspecified atom stereocenters. The standard InChI is InChI=1S/C19H32N4O3/c1-21-18(26)23(17(25)19(21)9-4-2-5-10-19)15-16(24)20-11-8-14-22-12-6-3-7-13-22/h2-15H2,1H3,(H,20,24). The number of likely N-dealkylation sites (N-methyl/N-ethyl adjacent to an activating group) is 1. The van der Waals surface area contributed by atoms with Gasteiger partial charge < -0.3 is 15.1 Å². The molecule has 3 rings (SSSR count). The Morgan fingerprint density at radius 2 is 1.69 bits per heavy atom. The number of nitrogens with zero attached hydrogens (tertiary/aromatic N) is 3. The van der Waals surface area contributed by atoms with Crippen molar-refractivity contribution >= 4 is 17.8 Å². The van der Waals surface area contributed by atoms with Crippen molar-refractivity contribution in [3.05, 3.63) is 0 Å². The van der Waals surface area contributed by atoms with Crippen LogP contribution in [0.5, 0.6) is 0 Å². The number of carbonyl (C=O) groups is 3. The van der Waals surface area contributed by atoms with Crippen LogP contribution in [0.4, 0.5) is 4.79 Å². The minimum absolute atomic E-state index is 0.159. The van der Waals surface area contributed by atoms with E-state index < -0.39 is 5.54 Å². The largest absolute Gasteiger partial charge is 0.354 e. The third kappa shape index (κ3) is 3.87. The van der Waals surface area contributed by atoms with E-state index >= 15 is 0 Å². The molecule has 0 aromatic heterocycles. The number of likely N-dealkylation sites (tertiary alicyclic amines) is 1. The number of rotatable bonds is 6. The minimum atomic E-state index is -0.704. The molecule has 1 N–H and O–H groups in total. The van der Waals surface area contributed by atoms with Gasteiger partial charge in [0.1, 0.15) is 12.1 Å². The second-order valence-electron chi connectivity index (χ2n) is 7.93. The summed E-state index contributed by atoms with van der Waals surface area (Å²) in [6, 6.07) is -0.333. The van der Waals surface area contributed by atoms with Gasteiger partial charge in [-0.3, -0.25) is 14.5 Å². The van der Waals surface area contributed by atoms with Crippen LogP contribution in [0.15, 0.2) is 0 Å². The summed E-state index contributed by atoms with van der Waals surface area (Å²) in [7, 11) is 1.70. The zero-order valence-electron chi connectivity index (χ0n) is 16.0. The second-order valence-corrected chi connectivity index (χ2v) is 7.93. The van der Waals surface area contributed by atoms with Crippen LogP contribution in [0.1, 0.15) is 57.8 Å². The molecule has 1 spiro atoms. The zero-order valence-corrected chi connectivity index (χ0v) is 16.0. The average Bonchev–Trinajstić information content (AvgIpc) is 2.83.